The number of nitrogens with one attached hydrogen (secondary N) is 1. The van der Waals surface area contributed by atoms with Gasteiger partial charge in [-0.1, -0.05) is 66.2 Å². The van der Waals surface area contributed by atoms with Gasteiger partial charge in [0.2, 0.25) is 0 Å². The largest absolute Gasteiger partial charge is 0.380 e. The number of rotatable bonds is 13. The van der Waals surface area contributed by atoms with Gasteiger partial charge in [0.1, 0.15) is 0 Å². The van der Waals surface area contributed by atoms with Gasteiger partial charge in [-0.05, 0) is 18.9 Å². The van der Waals surface area contributed by atoms with Crippen molar-refractivity contribution in [3.05, 3.63) is 0 Å². The van der Waals surface area contributed by atoms with Gasteiger partial charge in [0.15, 0.2) is 0 Å². The Morgan fingerprint density at radius 2 is 1.61 bits per heavy atom. The normalized spacial score (nSPS) is 14.7. The van der Waals surface area contributed by atoms with Gasteiger partial charge in [-0.2, -0.15) is 0 Å². The minimum Gasteiger partial charge on any atom is -0.380 e. The molecule has 0 aromatic rings. The van der Waals surface area contributed by atoms with Gasteiger partial charge in [0.25, 0.3) is 0 Å². The van der Waals surface area contributed by atoms with Crippen molar-refractivity contribution in [1.82, 2.24) is 5.32 Å². The highest BCUT2D eigenvalue weighted by atomic mass is 16.5. The fourth-order valence-electron chi connectivity index (χ4n) is 2.17. The molecule has 2 nitrogen and oxygen atoms in total. The molecular formula is C16H35NO. The Hall–Kier alpha value is -0.0800. The lowest BCUT2D eigenvalue weighted by molar-refractivity contribution is 0.0922. The van der Waals surface area contributed by atoms with E-state index in [1.807, 2.05) is 0 Å². The third kappa shape index (κ3) is 9.90. The van der Waals surface area contributed by atoms with Gasteiger partial charge >= 0.3 is 0 Å². The quantitative estimate of drug-likeness (QED) is 0.494. The summed E-state index contributed by atoms with van der Waals surface area (Å²) in [6.07, 6.45) is 9.26. The molecule has 2 atom stereocenters. The van der Waals surface area contributed by atoms with Gasteiger partial charge in [-0.15, -0.1) is 0 Å². The van der Waals surface area contributed by atoms with Crippen molar-refractivity contribution in [2.45, 2.75) is 78.7 Å². The Bertz CT molecular complexity index is 161. The van der Waals surface area contributed by atoms with E-state index in [4.69, 9.17) is 4.74 Å². The molecule has 2 unspecified atom stereocenters. The van der Waals surface area contributed by atoms with Gasteiger partial charge in [-0.3, -0.25) is 0 Å². The van der Waals surface area contributed by atoms with Crippen molar-refractivity contribution in [1.29, 1.82) is 0 Å². The minimum atomic E-state index is 0.528. The molecule has 2 heteroatoms. The van der Waals surface area contributed by atoms with Crippen LogP contribution in [0.15, 0.2) is 0 Å². The minimum absolute atomic E-state index is 0.528. The van der Waals surface area contributed by atoms with Crippen LogP contribution in [0.1, 0.15) is 72.6 Å². The van der Waals surface area contributed by atoms with Crippen molar-refractivity contribution in [3.63, 3.8) is 0 Å². The lowest BCUT2D eigenvalue weighted by atomic mass is 10.00. The molecule has 0 saturated carbocycles. The maximum atomic E-state index is 5.82. The predicted molar refractivity (Wildman–Crippen MR) is 81.1 cm³/mol. The number of ether oxygens (including phenoxy) is 1. The molecule has 0 spiro atoms. The number of likely N-dealkylation sites (N-methyl/N-ethyl adjacent to an activating group) is 1. The van der Waals surface area contributed by atoms with Crippen LogP contribution in [0, 0.1) is 5.92 Å². The Morgan fingerprint density at radius 3 is 2.22 bits per heavy atom. The van der Waals surface area contributed by atoms with Crippen LogP contribution in [0.2, 0.25) is 0 Å². The first-order chi connectivity index (χ1) is 8.76. The molecular weight excluding hydrogens is 222 g/mol. The Balaban J connectivity index is 3.43. The van der Waals surface area contributed by atoms with Crippen molar-refractivity contribution in [2.75, 3.05) is 19.8 Å². The fraction of sp³-hybridized carbons (Fsp3) is 1.00. The predicted octanol–water partition coefficient (Wildman–Crippen LogP) is 4.39. The Morgan fingerprint density at radius 1 is 0.944 bits per heavy atom. The summed E-state index contributed by atoms with van der Waals surface area (Å²) in [5.41, 5.74) is 0. The van der Waals surface area contributed by atoms with Crippen LogP contribution in [0.25, 0.3) is 0 Å². The topological polar surface area (TPSA) is 21.3 Å². The summed E-state index contributed by atoms with van der Waals surface area (Å²) < 4.78 is 5.82. The second kappa shape index (κ2) is 13.4. The number of unbranched alkanes of at least 4 members (excludes halogenated alkanes) is 5. The van der Waals surface area contributed by atoms with E-state index in [0.29, 0.717) is 12.0 Å². The first-order valence-electron chi connectivity index (χ1n) is 8.07. The maximum Gasteiger partial charge on any atom is 0.0622 e. The summed E-state index contributed by atoms with van der Waals surface area (Å²) in [6, 6.07) is 0.528. The zero-order chi connectivity index (χ0) is 13.6. The molecule has 18 heavy (non-hydrogen) atoms. The van der Waals surface area contributed by atoms with E-state index in [2.05, 4.69) is 33.0 Å². The first-order valence-corrected chi connectivity index (χ1v) is 8.07. The standard InChI is InChI=1S/C16H35NO/c1-5-8-9-10-11-12-13-18-14-16(17-7-3)15(4)6-2/h15-17H,5-14H2,1-4H3. The number of hydrogen-bond acceptors (Lipinski definition) is 2. The van der Waals surface area contributed by atoms with Crippen LogP contribution in [-0.2, 0) is 4.74 Å². The lowest BCUT2D eigenvalue weighted by Crippen LogP contribution is -2.38. The fourth-order valence-corrected chi connectivity index (χ4v) is 2.17. The zero-order valence-corrected chi connectivity index (χ0v) is 13.1. The summed E-state index contributed by atoms with van der Waals surface area (Å²) in [6.45, 7) is 11.8. The van der Waals surface area contributed by atoms with Gasteiger partial charge in [0.05, 0.1) is 6.61 Å². The maximum absolute atomic E-state index is 5.82. The summed E-state index contributed by atoms with van der Waals surface area (Å²) in [4.78, 5) is 0. The molecule has 0 aliphatic heterocycles. The SMILES string of the molecule is CCCCCCCCOCC(NCC)C(C)CC. The molecule has 1 N–H and O–H groups in total. The van der Waals surface area contributed by atoms with Crippen molar-refractivity contribution in [3.8, 4) is 0 Å². The molecule has 0 aromatic heterocycles. The van der Waals surface area contributed by atoms with E-state index in [1.54, 1.807) is 0 Å². The number of hydrogen-bond donors (Lipinski definition) is 1. The average molecular weight is 257 g/mol. The second-order valence-electron chi connectivity index (χ2n) is 5.39. The van der Waals surface area contributed by atoms with E-state index in [-0.39, 0.29) is 0 Å². The van der Waals surface area contributed by atoms with Gasteiger partial charge in [0, 0.05) is 12.6 Å². The van der Waals surface area contributed by atoms with Crippen LogP contribution in [0.5, 0.6) is 0 Å². The first kappa shape index (κ1) is 17.9. The van der Waals surface area contributed by atoms with Crippen LogP contribution in [-0.4, -0.2) is 25.8 Å². The summed E-state index contributed by atoms with van der Waals surface area (Å²) >= 11 is 0. The Kier molecular flexibility index (Phi) is 13.3. The average Bonchev–Trinajstić information content (AvgIpc) is 2.39. The molecule has 0 aliphatic rings. The molecule has 0 saturated heterocycles. The Labute approximate surface area is 115 Å². The van der Waals surface area contributed by atoms with Crippen molar-refractivity contribution >= 4 is 0 Å². The second-order valence-corrected chi connectivity index (χ2v) is 5.39. The van der Waals surface area contributed by atoms with Gasteiger partial charge in [-0.25, -0.2) is 0 Å². The highest BCUT2D eigenvalue weighted by Crippen LogP contribution is 2.09. The van der Waals surface area contributed by atoms with E-state index >= 15 is 0 Å². The summed E-state index contributed by atoms with van der Waals surface area (Å²) in [5, 5.41) is 3.53. The van der Waals surface area contributed by atoms with E-state index in [0.717, 1.165) is 19.8 Å². The molecule has 0 fully saturated rings. The van der Waals surface area contributed by atoms with E-state index in [9.17, 15) is 0 Å². The highest BCUT2D eigenvalue weighted by Gasteiger charge is 2.14. The highest BCUT2D eigenvalue weighted by molar-refractivity contribution is 4.71. The van der Waals surface area contributed by atoms with E-state index < -0.39 is 0 Å². The molecule has 0 aromatic carbocycles. The third-order valence-electron chi connectivity index (χ3n) is 3.74. The molecule has 0 bridgehead atoms. The van der Waals surface area contributed by atoms with Crippen molar-refractivity contribution in [2.24, 2.45) is 5.92 Å². The molecule has 110 valence electrons. The van der Waals surface area contributed by atoms with E-state index in [1.165, 1.54) is 44.9 Å². The smallest absolute Gasteiger partial charge is 0.0622 e. The van der Waals surface area contributed by atoms with Crippen LogP contribution in [0.4, 0.5) is 0 Å². The molecule has 0 heterocycles. The molecule has 0 amide bonds. The zero-order valence-electron chi connectivity index (χ0n) is 13.1. The molecule has 0 aliphatic carbocycles. The van der Waals surface area contributed by atoms with Gasteiger partial charge < -0.3 is 10.1 Å². The van der Waals surface area contributed by atoms with Crippen LogP contribution < -0.4 is 5.32 Å². The van der Waals surface area contributed by atoms with Crippen LogP contribution in [0.3, 0.4) is 0 Å². The summed E-state index contributed by atoms with van der Waals surface area (Å²) in [5.74, 6) is 0.703. The van der Waals surface area contributed by atoms with Crippen LogP contribution >= 0.6 is 0 Å². The molecule has 0 rings (SSSR count). The lowest BCUT2D eigenvalue weighted by Gasteiger charge is -2.23. The van der Waals surface area contributed by atoms with Crippen molar-refractivity contribution < 1.29 is 4.74 Å². The third-order valence-corrected chi connectivity index (χ3v) is 3.74. The monoisotopic (exact) mass is 257 g/mol. The summed E-state index contributed by atoms with van der Waals surface area (Å²) in [7, 11) is 0. The molecule has 0 radical (unpaired) electrons.